The van der Waals surface area contributed by atoms with Crippen LogP contribution in [-0.2, 0) is 15.4 Å². The van der Waals surface area contributed by atoms with Crippen molar-refractivity contribution in [1.29, 1.82) is 0 Å². The number of hydrogen-bond donors (Lipinski definition) is 3. The van der Waals surface area contributed by atoms with E-state index in [0.717, 1.165) is 28.3 Å². The molecule has 4 aromatic rings. The SMILES string of the molecule is Cc1cccc(C)c1-c1cc(OC(CN)c2ccc(C(C)(C)C)cn2)nc(NS(=O)(=O)c2cccc(C(=O)O)c2)n1. The molecule has 0 amide bonds. The van der Waals surface area contributed by atoms with Crippen LogP contribution in [0.3, 0.4) is 0 Å². The molecule has 214 valence electrons. The summed E-state index contributed by atoms with van der Waals surface area (Å²) in [7, 11) is -4.24. The zero-order valence-corrected chi connectivity index (χ0v) is 24.4. The normalized spacial score (nSPS) is 12.5. The fourth-order valence-electron chi connectivity index (χ4n) is 4.27. The molecule has 4 N–H and O–H groups in total. The highest BCUT2D eigenvalue weighted by atomic mass is 32.2. The zero-order chi connectivity index (χ0) is 29.9. The molecule has 10 nitrogen and oxygen atoms in total. The third-order valence-corrected chi connectivity index (χ3v) is 7.84. The number of rotatable bonds is 9. The van der Waals surface area contributed by atoms with Gasteiger partial charge in [-0.2, -0.15) is 4.98 Å². The van der Waals surface area contributed by atoms with E-state index >= 15 is 0 Å². The van der Waals surface area contributed by atoms with Crippen LogP contribution in [0.15, 0.2) is 71.8 Å². The molecule has 2 heterocycles. The molecule has 0 spiro atoms. The molecule has 0 saturated heterocycles. The standard InChI is InChI=1S/C30H33N5O5S/c1-18-8-6-9-19(2)27(18)24-15-26(40-25(16-31)23-13-12-21(17-32-23)30(3,4)5)34-29(33-24)35-41(38,39)22-11-7-10-20(14-22)28(36)37/h6-15,17,25H,16,31H2,1-5H3,(H,36,37)(H,33,34,35). The van der Waals surface area contributed by atoms with Crippen molar-refractivity contribution in [3.8, 4) is 17.1 Å². The van der Waals surface area contributed by atoms with Gasteiger partial charge in [0.15, 0.2) is 6.10 Å². The number of aromatic nitrogens is 3. The number of nitrogens with zero attached hydrogens (tertiary/aromatic N) is 3. The van der Waals surface area contributed by atoms with E-state index in [9.17, 15) is 18.3 Å². The maximum absolute atomic E-state index is 13.2. The topological polar surface area (TPSA) is 157 Å². The minimum absolute atomic E-state index is 0.0758. The Morgan fingerprint density at radius 2 is 1.71 bits per heavy atom. The molecule has 0 aliphatic rings. The number of carboxylic acid groups (broad SMARTS) is 1. The average Bonchev–Trinajstić information content (AvgIpc) is 2.91. The predicted molar refractivity (Wildman–Crippen MR) is 157 cm³/mol. The summed E-state index contributed by atoms with van der Waals surface area (Å²) in [5, 5.41) is 9.30. The van der Waals surface area contributed by atoms with Crippen LogP contribution in [0.5, 0.6) is 5.88 Å². The minimum atomic E-state index is -4.24. The summed E-state index contributed by atoms with van der Waals surface area (Å²) in [6.45, 7) is 10.2. The molecule has 1 atom stereocenters. The second-order valence-electron chi connectivity index (χ2n) is 10.7. The fraction of sp³-hybridized carbons (Fsp3) is 0.267. The molecular weight excluding hydrogens is 542 g/mol. The molecule has 41 heavy (non-hydrogen) atoms. The first-order valence-electron chi connectivity index (χ1n) is 12.9. The maximum atomic E-state index is 13.2. The second kappa shape index (κ2) is 11.6. The summed E-state index contributed by atoms with van der Waals surface area (Å²) in [4.78, 5) is 24.5. The van der Waals surface area contributed by atoms with Gasteiger partial charge in [0, 0.05) is 24.4 Å². The third kappa shape index (κ3) is 6.87. The number of carboxylic acids is 1. The van der Waals surface area contributed by atoms with Crippen LogP contribution in [0.4, 0.5) is 5.95 Å². The summed E-state index contributed by atoms with van der Waals surface area (Å²) in [6, 6.07) is 16.2. The Morgan fingerprint density at radius 3 is 2.29 bits per heavy atom. The van der Waals surface area contributed by atoms with Gasteiger partial charge in [-0.3, -0.25) is 4.98 Å². The Labute approximate surface area is 239 Å². The van der Waals surface area contributed by atoms with Gasteiger partial charge in [-0.05, 0) is 60.2 Å². The molecule has 11 heteroatoms. The number of hydrogen-bond acceptors (Lipinski definition) is 8. The number of benzene rings is 2. The van der Waals surface area contributed by atoms with Crippen LogP contribution in [0.1, 0.15) is 59.6 Å². The summed E-state index contributed by atoms with van der Waals surface area (Å²) in [6.07, 6.45) is 1.12. The molecule has 0 aliphatic carbocycles. The molecule has 0 saturated carbocycles. The van der Waals surface area contributed by atoms with Crippen molar-refractivity contribution >= 4 is 21.9 Å². The van der Waals surface area contributed by atoms with Crippen molar-refractivity contribution in [3.05, 3.63) is 94.8 Å². The molecule has 2 aromatic carbocycles. The fourth-order valence-corrected chi connectivity index (χ4v) is 5.26. The van der Waals surface area contributed by atoms with Gasteiger partial charge in [-0.25, -0.2) is 22.9 Å². The van der Waals surface area contributed by atoms with E-state index in [-0.39, 0.29) is 34.2 Å². The van der Waals surface area contributed by atoms with Gasteiger partial charge in [0.2, 0.25) is 11.8 Å². The number of aryl methyl sites for hydroxylation is 2. The minimum Gasteiger partial charge on any atom is -0.478 e. The van der Waals surface area contributed by atoms with Crippen molar-refractivity contribution in [2.24, 2.45) is 5.73 Å². The predicted octanol–water partition coefficient (Wildman–Crippen LogP) is 5.03. The van der Waals surface area contributed by atoms with Gasteiger partial charge in [0.1, 0.15) is 0 Å². The van der Waals surface area contributed by atoms with E-state index in [1.54, 1.807) is 12.3 Å². The van der Waals surface area contributed by atoms with Crippen molar-refractivity contribution in [1.82, 2.24) is 15.0 Å². The first kappa shape index (κ1) is 29.6. The third-order valence-electron chi connectivity index (χ3n) is 6.52. The molecule has 0 fully saturated rings. The summed E-state index contributed by atoms with van der Waals surface area (Å²) in [5.74, 6) is -1.40. The van der Waals surface area contributed by atoms with Crippen LogP contribution < -0.4 is 15.2 Å². The Morgan fingerprint density at radius 1 is 1.02 bits per heavy atom. The Bertz CT molecular complexity index is 1660. The Kier molecular flexibility index (Phi) is 8.41. The molecule has 0 radical (unpaired) electrons. The van der Waals surface area contributed by atoms with Crippen molar-refractivity contribution in [3.63, 3.8) is 0 Å². The highest BCUT2D eigenvalue weighted by Crippen LogP contribution is 2.31. The summed E-state index contributed by atoms with van der Waals surface area (Å²) < 4.78 is 35.0. The molecule has 4 rings (SSSR count). The van der Waals surface area contributed by atoms with E-state index in [2.05, 4.69) is 40.4 Å². The van der Waals surface area contributed by atoms with E-state index in [1.165, 1.54) is 18.2 Å². The first-order valence-corrected chi connectivity index (χ1v) is 14.4. The zero-order valence-electron chi connectivity index (χ0n) is 23.5. The lowest BCUT2D eigenvalue weighted by atomic mass is 9.88. The van der Waals surface area contributed by atoms with Crippen molar-refractivity contribution in [2.75, 3.05) is 11.3 Å². The van der Waals surface area contributed by atoms with Crippen LogP contribution >= 0.6 is 0 Å². The summed E-state index contributed by atoms with van der Waals surface area (Å²) >= 11 is 0. The number of ether oxygens (including phenoxy) is 1. The number of sulfonamides is 1. The Hall–Kier alpha value is -4.35. The number of pyridine rings is 1. The monoisotopic (exact) mass is 575 g/mol. The lowest BCUT2D eigenvalue weighted by Gasteiger charge is -2.21. The van der Waals surface area contributed by atoms with Gasteiger partial charge in [-0.15, -0.1) is 0 Å². The number of aromatic carboxylic acids is 1. The average molecular weight is 576 g/mol. The highest BCUT2D eigenvalue weighted by Gasteiger charge is 2.22. The van der Waals surface area contributed by atoms with Gasteiger partial charge < -0.3 is 15.6 Å². The maximum Gasteiger partial charge on any atom is 0.335 e. The smallest absolute Gasteiger partial charge is 0.335 e. The largest absolute Gasteiger partial charge is 0.478 e. The van der Waals surface area contributed by atoms with E-state index < -0.39 is 22.1 Å². The molecule has 2 aromatic heterocycles. The molecular formula is C30H33N5O5S. The van der Waals surface area contributed by atoms with Gasteiger partial charge in [0.05, 0.1) is 21.8 Å². The molecule has 0 bridgehead atoms. The number of anilines is 1. The van der Waals surface area contributed by atoms with Crippen LogP contribution in [0, 0.1) is 13.8 Å². The molecule has 1 unspecified atom stereocenters. The number of nitrogens with one attached hydrogen (secondary N) is 1. The van der Waals surface area contributed by atoms with Gasteiger partial charge in [0.25, 0.3) is 10.0 Å². The summed E-state index contributed by atoms with van der Waals surface area (Å²) in [5.41, 5.74) is 10.6. The van der Waals surface area contributed by atoms with Crippen LogP contribution in [0.2, 0.25) is 0 Å². The van der Waals surface area contributed by atoms with Crippen molar-refractivity contribution < 1.29 is 23.1 Å². The Balaban J connectivity index is 1.76. The van der Waals surface area contributed by atoms with E-state index in [0.29, 0.717) is 11.4 Å². The van der Waals surface area contributed by atoms with Gasteiger partial charge >= 0.3 is 5.97 Å². The highest BCUT2D eigenvalue weighted by molar-refractivity contribution is 7.92. The first-order chi connectivity index (χ1) is 19.3. The lowest BCUT2D eigenvalue weighted by Crippen LogP contribution is -2.21. The van der Waals surface area contributed by atoms with Crippen LogP contribution in [0.25, 0.3) is 11.3 Å². The number of carbonyl (C=O) groups is 1. The second-order valence-corrected chi connectivity index (χ2v) is 12.4. The van der Waals surface area contributed by atoms with Crippen molar-refractivity contribution in [2.45, 2.75) is 51.0 Å². The lowest BCUT2D eigenvalue weighted by molar-refractivity contribution is 0.0696. The molecule has 0 aliphatic heterocycles. The van der Waals surface area contributed by atoms with Gasteiger partial charge in [-0.1, -0.05) is 51.1 Å². The van der Waals surface area contributed by atoms with E-state index in [4.69, 9.17) is 10.5 Å². The number of nitrogens with two attached hydrogens (primary N) is 1. The quantitative estimate of drug-likeness (QED) is 0.249. The van der Waals surface area contributed by atoms with E-state index in [1.807, 2.05) is 44.2 Å². The van der Waals surface area contributed by atoms with Crippen LogP contribution in [-0.4, -0.2) is 41.0 Å².